The van der Waals surface area contributed by atoms with Gasteiger partial charge in [0.2, 0.25) is 0 Å². The monoisotopic (exact) mass is 849 g/mol. The lowest BCUT2D eigenvalue weighted by molar-refractivity contribution is 0.285. The van der Waals surface area contributed by atoms with E-state index < -0.39 is 0 Å². The summed E-state index contributed by atoms with van der Waals surface area (Å²) in [5.74, 6) is 3.07. The van der Waals surface area contributed by atoms with Crippen LogP contribution in [-0.2, 0) is 10.8 Å². The standard InChI is InChI=1S/C64H39N3/c1-2-16-42-41(15-1)55-35-12-11-13-36(30-35)56(42)50-31-37(23-26-47(50)55)60-65-61(38-24-27-48-51(32-38)58-45-19-5-3-17-43(45)57(48)44-18-4-6-20-46(44)58)67-62(66-60)39-25-28-53-52(33-39)59-49-21-7-8-22-54(49)64(59)40-14-9-10-29-63(53,64)34-40/h1-34,55-59H/t55?,56?,57?,58?,59?,63?,64-/m0/s1. The largest absolute Gasteiger partial charge is 0.208 e. The van der Waals surface area contributed by atoms with Crippen molar-refractivity contribution in [2.75, 3.05) is 0 Å². The zero-order valence-electron chi connectivity index (χ0n) is 36.4. The molecule has 67 heavy (non-hydrogen) atoms. The fraction of sp³-hybridized carbons (Fsp3) is 0.109. The van der Waals surface area contributed by atoms with Crippen molar-refractivity contribution in [2.24, 2.45) is 0 Å². The summed E-state index contributed by atoms with van der Waals surface area (Å²) in [6, 6.07) is 66.6. The van der Waals surface area contributed by atoms with Gasteiger partial charge in [0.25, 0.3) is 0 Å². The van der Waals surface area contributed by atoms with Crippen molar-refractivity contribution in [1.29, 1.82) is 0 Å². The Bertz CT molecular complexity index is 3840. The number of aromatic nitrogens is 3. The minimum Gasteiger partial charge on any atom is -0.208 e. The maximum Gasteiger partial charge on any atom is 0.164 e. The molecule has 5 atom stereocenters. The molecular formula is C64H39N3. The first-order valence-corrected chi connectivity index (χ1v) is 23.9. The van der Waals surface area contributed by atoms with Crippen LogP contribution in [0.15, 0.2) is 212 Å². The smallest absolute Gasteiger partial charge is 0.164 e. The molecule has 0 aliphatic heterocycles. The molecule has 11 aliphatic carbocycles. The molecule has 2 spiro atoms. The summed E-state index contributed by atoms with van der Waals surface area (Å²) in [6.07, 6.45) is 11.8. The van der Waals surface area contributed by atoms with Crippen LogP contribution in [0.5, 0.6) is 0 Å². The highest BCUT2D eigenvalue weighted by Crippen LogP contribution is 2.78. The molecule has 1 heterocycles. The van der Waals surface area contributed by atoms with Crippen LogP contribution < -0.4 is 0 Å². The molecule has 3 nitrogen and oxygen atoms in total. The molecule has 4 unspecified atom stereocenters. The minimum atomic E-state index is -0.160. The third-order valence-electron chi connectivity index (χ3n) is 17.4. The predicted octanol–water partition coefficient (Wildman–Crippen LogP) is 13.5. The van der Waals surface area contributed by atoms with Gasteiger partial charge in [0.15, 0.2) is 17.5 Å². The van der Waals surface area contributed by atoms with Crippen LogP contribution >= 0.6 is 0 Å². The van der Waals surface area contributed by atoms with E-state index in [-0.39, 0.29) is 40.4 Å². The second-order valence-corrected chi connectivity index (χ2v) is 20.1. The van der Waals surface area contributed by atoms with Gasteiger partial charge in [-0.05, 0) is 113 Å². The summed E-state index contributed by atoms with van der Waals surface area (Å²) < 4.78 is 0. The van der Waals surface area contributed by atoms with E-state index in [4.69, 9.17) is 15.0 Å². The number of fused-ring (bicyclic) bond motifs is 5. The first kappa shape index (κ1) is 35.3. The average molecular weight is 850 g/mol. The number of hydrogen-bond acceptors (Lipinski definition) is 3. The molecule has 9 aromatic rings. The number of rotatable bonds is 3. The minimum absolute atomic E-state index is 0.0674. The zero-order chi connectivity index (χ0) is 43.3. The van der Waals surface area contributed by atoms with Gasteiger partial charge in [0.1, 0.15) is 0 Å². The molecule has 0 amide bonds. The summed E-state index contributed by atoms with van der Waals surface area (Å²) in [7, 11) is 0. The lowest BCUT2D eigenvalue weighted by atomic mass is 9.39. The molecule has 310 valence electrons. The predicted molar refractivity (Wildman–Crippen MR) is 264 cm³/mol. The highest BCUT2D eigenvalue weighted by atomic mass is 15.0. The van der Waals surface area contributed by atoms with Crippen molar-refractivity contribution in [3.8, 4) is 34.2 Å². The maximum atomic E-state index is 5.49. The van der Waals surface area contributed by atoms with E-state index >= 15 is 0 Å². The normalized spacial score (nSPS) is 25.3. The van der Waals surface area contributed by atoms with Gasteiger partial charge in [-0.15, -0.1) is 0 Å². The van der Waals surface area contributed by atoms with Crippen LogP contribution in [-0.4, -0.2) is 15.0 Å². The van der Waals surface area contributed by atoms with Crippen molar-refractivity contribution in [3.05, 3.63) is 301 Å². The van der Waals surface area contributed by atoms with E-state index in [9.17, 15) is 0 Å². The van der Waals surface area contributed by atoms with Gasteiger partial charge < -0.3 is 0 Å². The Morgan fingerprint density at radius 2 is 0.806 bits per heavy atom. The summed E-state index contributed by atoms with van der Waals surface area (Å²) in [5.41, 5.74) is 26.5. The lowest BCUT2D eigenvalue weighted by Crippen LogP contribution is -2.59. The highest BCUT2D eigenvalue weighted by Gasteiger charge is 2.73. The van der Waals surface area contributed by atoms with E-state index in [1.807, 2.05) is 0 Å². The highest BCUT2D eigenvalue weighted by molar-refractivity contribution is 5.84. The summed E-state index contributed by atoms with van der Waals surface area (Å²) in [5, 5.41) is 0. The van der Waals surface area contributed by atoms with E-state index in [0.29, 0.717) is 17.5 Å². The van der Waals surface area contributed by atoms with Gasteiger partial charge in [0, 0.05) is 57.1 Å². The molecule has 0 saturated carbocycles. The van der Waals surface area contributed by atoms with Gasteiger partial charge >= 0.3 is 0 Å². The van der Waals surface area contributed by atoms with Crippen molar-refractivity contribution in [1.82, 2.24) is 15.0 Å². The third-order valence-corrected chi connectivity index (χ3v) is 17.4. The topological polar surface area (TPSA) is 38.7 Å². The Labute approximate surface area is 388 Å². The Hall–Kier alpha value is -8.01. The van der Waals surface area contributed by atoms with Gasteiger partial charge in [0.05, 0.1) is 0 Å². The first-order chi connectivity index (χ1) is 33.2. The van der Waals surface area contributed by atoms with Crippen LogP contribution in [0.2, 0.25) is 0 Å². The molecule has 0 saturated heterocycles. The van der Waals surface area contributed by atoms with Gasteiger partial charge in [-0.25, -0.2) is 15.0 Å². The molecule has 0 N–H and O–H groups in total. The second-order valence-electron chi connectivity index (χ2n) is 20.1. The quantitative estimate of drug-likeness (QED) is 0.178. The number of allylic oxidation sites excluding steroid dienone is 6. The fourth-order valence-corrected chi connectivity index (χ4v) is 15.0. The average Bonchev–Trinajstić information content (AvgIpc) is 3.70. The zero-order valence-corrected chi connectivity index (χ0v) is 36.4. The van der Waals surface area contributed by atoms with E-state index in [1.165, 1.54) is 94.6 Å². The van der Waals surface area contributed by atoms with Gasteiger partial charge in [-0.2, -0.15) is 0 Å². The molecule has 0 radical (unpaired) electrons. The molecule has 8 aromatic carbocycles. The molecule has 1 aromatic heterocycles. The Balaban J connectivity index is 0.865. The van der Waals surface area contributed by atoms with Crippen LogP contribution in [0.4, 0.5) is 0 Å². The maximum absolute atomic E-state index is 5.49. The molecule has 0 fully saturated rings. The lowest BCUT2D eigenvalue weighted by Gasteiger charge is -2.61. The fourth-order valence-electron chi connectivity index (χ4n) is 15.0. The van der Waals surface area contributed by atoms with Crippen molar-refractivity contribution in [2.45, 2.75) is 40.4 Å². The van der Waals surface area contributed by atoms with E-state index in [0.717, 1.165) is 16.7 Å². The van der Waals surface area contributed by atoms with Gasteiger partial charge in [-0.3, -0.25) is 0 Å². The Kier molecular flexibility index (Phi) is 6.35. The van der Waals surface area contributed by atoms with E-state index in [1.54, 1.807) is 0 Å². The first-order valence-electron chi connectivity index (χ1n) is 23.9. The molecule has 20 rings (SSSR count). The summed E-state index contributed by atoms with van der Waals surface area (Å²) >= 11 is 0. The summed E-state index contributed by atoms with van der Waals surface area (Å²) in [4.78, 5) is 16.5. The molecule has 8 bridgehead atoms. The van der Waals surface area contributed by atoms with E-state index in [2.05, 4.69) is 206 Å². The van der Waals surface area contributed by atoms with Crippen molar-refractivity contribution in [3.63, 3.8) is 0 Å². The van der Waals surface area contributed by atoms with Crippen LogP contribution in [0, 0.1) is 0 Å². The Morgan fingerprint density at radius 1 is 0.343 bits per heavy atom. The van der Waals surface area contributed by atoms with Crippen LogP contribution in [0.25, 0.3) is 34.2 Å². The third kappa shape index (κ3) is 4.08. The van der Waals surface area contributed by atoms with Crippen LogP contribution in [0.1, 0.15) is 119 Å². The van der Waals surface area contributed by atoms with Crippen molar-refractivity contribution < 1.29 is 0 Å². The molecular weight excluding hydrogens is 811 g/mol. The van der Waals surface area contributed by atoms with Crippen LogP contribution in [0.3, 0.4) is 0 Å². The molecule has 3 heteroatoms. The number of nitrogens with zero attached hydrogens (tertiary/aromatic N) is 3. The summed E-state index contributed by atoms with van der Waals surface area (Å²) in [6.45, 7) is 0. The Morgan fingerprint density at radius 3 is 1.42 bits per heavy atom. The number of hydrogen-bond donors (Lipinski definition) is 0. The van der Waals surface area contributed by atoms with Gasteiger partial charge in [-0.1, -0.05) is 188 Å². The second kappa shape index (κ2) is 12.1. The SMILES string of the molecule is C1=CC2=CC3(C=C1)c1ccc(-c4nc(-c5ccc6c(c5)C5c7cccc(c7)C6c6ccccc65)nc(-c5ccc6c(c5)C5c7ccccc7C6c6ccccc65)n4)cc1C1c4ccccc4[C@@]213. The van der Waals surface area contributed by atoms with Crippen molar-refractivity contribution >= 4 is 0 Å². The number of benzene rings is 8. The molecule has 11 aliphatic rings.